The predicted molar refractivity (Wildman–Crippen MR) is 124 cm³/mol. The monoisotopic (exact) mass is 481 g/mol. The Bertz CT molecular complexity index is 1330. The Kier molecular flexibility index (Phi) is 5.24. The highest BCUT2D eigenvalue weighted by Gasteiger charge is 2.48. The van der Waals surface area contributed by atoms with E-state index >= 15 is 4.39 Å². The summed E-state index contributed by atoms with van der Waals surface area (Å²) in [5.74, 6) is -0.137. The molecule has 2 saturated heterocycles. The van der Waals surface area contributed by atoms with Gasteiger partial charge in [0, 0.05) is 36.8 Å². The van der Waals surface area contributed by atoms with Gasteiger partial charge in [0.25, 0.3) is 0 Å². The lowest BCUT2D eigenvalue weighted by Crippen LogP contribution is -2.57. The maximum absolute atomic E-state index is 15.3. The first kappa shape index (κ1) is 22.0. The Morgan fingerprint density at radius 3 is 2.69 bits per heavy atom. The molecule has 0 unspecified atom stereocenters. The molecule has 4 heterocycles. The van der Waals surface area contributed by atoms with Crippen LogP contribution in [0.3, 0.4) is 0 Å². The maximum atomic E-state index is 15.3. The predicted octanol–water partition coefficient (Wildman–Crippen LogP) is 2.34. The van der Waals surface area contributed by atoms with Gasteiger partial charge >= 0.3 is 5.69 Å². The van der Waals surface area contributed by atoms with Gasteiger partial charge in [-0.25, -0.2) is 14.2 Å². The molecule has 3 aromatic rings. The first-order chi connectivity index (χ1) is 16.9. The van der Waals surface area contributed by atoms with Crippen LogP contribution < -0.4 is 15.9 Å². The minimum atomic E-state index is -0.972. The Morgan fingerprint density at radius 2 is 2.00 bits per heavy atom. The quantitative estimate of drug-likeness (QED) is 0.535. The molecule has 0 spiro atoms. The number of anilines is 1. The summed E-state index contributed by atoms with van der Waals surface area (Å²) in [4.78, 5) is 22.1. The van der Waals surface area contributed by atoms with Gasteiger partial charge in [-0.05, 0) is 44.2 Å². The topological polar surface area (TPSA) is 109 Å². The number of nitrogens with one attached hydrogen (secondary N) is 1. The summed E-state index contributed by atoms with van der Waals surface area (Å²) in [6.07, 6.45) is 5.20. The van der Waals surface area contributed by atoms with Crippen LogP contribution in [0.2, 0.25) is 0 Å². The Hall–Kier alpha value is -3.47. The number of fused-ring (bicyclic) bond motifs is 2. The van der Waals surface area contributed by atoms with Crippen molar-refractivity contribution in [2.24, 2.45) is 7.05 Å². The fraction of sp³-hybridized carbons (Fsp3) is 0.458. The number of hydrogen-bond acceptors (Lipinski definition) is 8. The van der Waals surface area contributed by atoms with E-state index in [1.165, 1.54) is 13.1 Å². The van der Waals surface area contributed by atoms with E-state index in [1.807, 2.05) is 0 Å². The van der Waals surface area contributed by atoms with Crippen LogP contribution in [0.4, 0.5) is 14.6 Å². The number of halogens is 2. The van der Waals surface area contributed by atoms with Crippen LogP contribution >= 0.6 is 0 Å². The van der Waals surface area contributed by atoms with E-state index in [-0.39, 0.29) is 35.4 Å². The lowest BCUT2D eigenvalue weighted by Gasteiger charge is -2.40. The lowest BCUT2D eigenvalue weighted by atomic mass is 9.96. The van der Waals surface area contributed by atoms with Crippen molar-refractivity contribution in [1.82, 2.24) is 30.0 Å². The van der Waals surface area contributed by atoms with Gasteiger partial charge in [-0.3, -0.25) is 4.57 Å². The van der Waals surface area contributed by atoms with Crippen LogP contribution in [0, 0.1) is 5.95 Å². The van der Waals surface area contributed by atoms with Crippen molar-refractivity contribution in [1.29, 1.82) is 0 Å². The summed E-state index contributed by atoms with van der Waals surface area (Å²) in [6, 6.07) is 5.90. The van der Waals surface area contributed by atoms with Crippen LogP contribution in [0.5, 0.6) is 5.75 Å². The number of alkyl halides is 1. The van der Waals surface area contributed by atoms with Crippen LogP contribution in [-0.2, 0) is 7.05 Å². The first-order valence-corrected chi connectivity index (χ1v) is 11.8. The van der Waals surface area contributed by atoms with Gasteiger partial charge in [0.1, 0.15) is 11.9 Å². The molecule has 2 bridgehead atoms. The molecule has 11 heteroatoms. The molecule has 3 aliphatic rings. The summed E-state index contributed by atoms with van der Waals surface area (Å²) in [5.41, 5.74) is 0.0861. The fourth-order valence-electron chi connectivity index (χ4n) is 5.27. The van der Waals surface area contributed by atoms with Crippen LogP contribution in [0.25, 0.3) is 22.6 Å². The molecular formula is C24H25F2N7O2. The molecule has 2 N–H and O–H groups in total. The van der Waals surface area contributed by atoms with Crippen molar-refractivity contribution >= 4 is 5.82 Å². The zero-order chi connectivity index (χ0) is 24.3. The first-order valence-electron chi connectivity index (χ1n) is 11.8. The molecule has 35 heavy (non-hydrogen) atoms. The summed E-state index contributed by atoms with van der Waals surface area (Å²) in [7, 11) is 1.29. The number of benzene rings is 1. The van der Waals surface area contributed by atoms with Gasteiger partial charge in [0.2, 0.25) is 0 Å². The molecule has 0 amide bonds. The normalized spacial score (nSPS) is 25.6. The van der Waals surface area contributed by atoms with Crippen molar-refractivity contribution < 1.29 is 13.9 Å². The number of phenols is 1. The van der Waals surface area contributed by atoms with Crippen molar-refractivity contribution in [2.75, 3.05) is 4.90 Å². The van der Waals surface area contributed by atoms with Crippen molar-refractivity contribution in [3.63, 3.8) is 0 Å². The van der Waals surface area contributed by atoms with Gasteiger partial charge in [-0.1, -0.05) is 6.07 Å². The molecule has 1 aliphatic carbocycles. The van der Waals surface area contributed by atoms with Gasteiger partial charge in [-0.15, -0.1) is 10.2 Å². The van der Waals surface area contributed by atoms with Gasteiger partial charge in [0.05, 0.1) is 23.5 Å². The number of rotatable bonds is 5. The average molecular weight is 482 g/mol. The third-order valence-electron chi connectivity index (χ3n) is 7.28. The summed E-state index contributed by atoms with van der Waals surface area (Å²) in [6.45, 7) is 0. The van der Waals surface area contributed by atoms with E-state index in [1.54, 1.807) is 18.3 Å². The third-order valence-corrected chi connectivity index (χ3v) is 7.28. The molecule has 2 aromatic heterocycles. The lowest BCUT2D eigenvalue weighted by molar-refractivity contribution is 0.171. The summed E-state index contributed by atoms with van der Waals surface area (Å²) < 4.78 is 30.0. The number of phenolic OH excluding ortho intramolecular Hbond substituents is 1. The second kappa shape index (κ2) is 8.33. The van der Waals surface area contributed by atoms with Crippen LogP contribution in [0.15, 0.2) is 35.3 Å². The van der Waals surface area contributed by atoms with E-state index in [2.05, 4.69) is 30.4 Å². The second-order valence-electron chi connectivity index (χ2n) is 9.61. The smallest absolute Gasteiger partial charge is 0.350 e. The molecule has 6 rings (SSSR count). The maximum Gasteiger partial charge on any atom is 0.350 e. The Labute approximate surface area is 199 Å². The summed E-state index contributed by atoms with van der Waals surface area (Å²) >= 11 is 0. The van der Waals surface area contributed by atoms with Gasteiger partial charge in [-0.2, -0.15) is 9.37 Å². The minimum absolute atomic E-state index is 0.108. The van der Waals surface area contributed by atoms with Crippen molar-refractivity contribution in [2.45, 2.75) is 62.4 Å². The van der Waals surface area contributed by atoms with E-state index in [4.69, 9.17) is 0 Å². The highest BCUT2D eigenvalue weighted by atomic mass is 19.1. The number of aromatic nitrogens is 5. The fourth-order valence-corrected chi connectivity index (χ4v) is 5.27. The Balaban J connectivity index is 1.27. The minimum Gasteiger partial charge on any atom is -0.507 e. The number of hydrogen-bond donors (Lipinski definition) is 2. The highest BCUT2D eigenvalue weighted by Crippen LogP contribution is 2.40. The number of nitrogens with zero attached hydrogens (tertiary/aromatic N) is 6. The largest absolute Gasteiger partial charge is 0.507 e. The molecule has 9 nitrogen and oxygen atoms in total. The molecule has 1 aromatic carbocycles. The van der Waals surface area contributed by atoms with E-state index in [0.717, 1.165) is 42.7 Å². The van der Waals surface area contributed by atoms with Crippen molar-refractivity contribution in [3.8, 4) is 28.4 Å². The van der Waals surface area contributed by atoms with Gasteiger partial charge in [0.15, 0.2) is 17.6 Å². The Morgan fingerprint density at radius 1 is 1.17 bits per heavy atom. The molecule has 1 saturated carbocycles. The van der Waals surface area contributed by atoms with Crippen molar-refractivity contribution in [3.05, 3.63) is 46.9 Å². The molecular weight excluding hydrogens is 456 g/mol. The zero-order valence-electron chi connectivity index (χ0n) is 19.1. The third kappa shape index (κ3) is 3.93. The molecule has 2 aliphatic heterocycles. The zero-order valence-corrected chi connectivity index (χ0v) is 19.1. The molecule has 3 fully saturated rings. The SMILES string of the molecule is Cn1c(F)cc(-c2ccc(-c3ncc(N(C4CC4)[C@H]4C[C@@H]5CC[C@@H](N5)[C@H]4F)nn3)c(O)c2)nc1=O. The van der Waals surface area contributed by atoms with Gasteiger partial charge < -0.3 is 15.3 Å². The molecule has 0 radical (unpaired) electrons. The highest BCUT2D eigenvalue weighted by molar-refractivity contribution is 5.71. The standard InChI is InChI=1S/C24H25F2N7O2/c1-32-20(25)10-17(29-24(32)35)12-2-6-15(19(34)8-12)23-27-11-21(30-31-23)33(14-4-5-14)18-9-13-3-7-16(28-13)22(18)26/h2,6,8,10-11,13-14,16,18,22,28,34H,3-5,7,9H2,1H3/t13-,16+,18-,22+/m0/s1. The van der Waals surface area contributed by atoms with E-state index < -0.39 is 17.8 Å². The second-order valence-corrected chi connectivity index (χ2v) is 9.61. The summed E-state index contributed by atoms with van der Waals surface area (Å²) in [5, 5.41) is 22.6. The molecule has 182 valence electrons. The van der Waals surface area contributed by atoms with Crippen LogP contribution in [0.1, 0.15) is 32.1 Å². The van der Waals surface area contributed by atoms with E-state index in [9.17, 15) is 14.3 Å². The number of aromatic hydroxyl groups is 1. The average Bonchev–Trinajstić information content (AvgIpc) is 3.60. The number of piperidine rings is 1. The van der Waals surface area contributed by atoms with E-state index in [0.29, 0.717) is 23.0 Å². The van der Waals surface area contributed by atoms with Crippen LogP contribution in [-0.4, -0.2) is 60.2 Å². The molecule has 4 atom stereocenters.